The summed E-state index contributed by atoms with van der Waals surface area (Å²) in [5, 5.41) is 12.9. The standard InChI is InChI=1S/C15H29N3O2/c1-4-7-16-15(14(19)20)6-5-13(10-15)18-9-8-17(3)11-12(18)2/h12-13,16H,4-11H2,1-3H3,(H,19,20). The van der Waals surface area contributed by atoms with Crippen LogP contribution in [0.15, 0.2) is 0 Å². The number of carbonyl (C=O) groups is 1. The molecular weight excluding hydrogens is 254 g/mol. The fraction of sp³-hybridized carbons (Fsp3) is 0.933. The van der Waals surface area contributed by atoms with Crippen molar-refractivity contribution in [1.29, 1.82) is 0 Å². The van der Waals surface area contributed by atoms with Gasteiger partial charge in [-0.15, -0.1) is 0 Å². The molecule has 3 unspecified atom stereocenters. The Morgan fingerprint density at radius 3 is 2.80 bits per heavy atom. The predicted molar refractivity (Wildman–Crippen MR) is 80.0 cm³/mol. The van der Waals surface area contributed by atoms with E-state index in [-0.39, 0.29) is 0 Å². The van der Waals surface area contributed by atoms with Crippen LogP contribution in [0.2, 0.25) is 0 Å². The molecule has 2 aliphatic rings. The maximum atomic E-state index is 11.7. The van der Waals surface area contributed by atoms with Crippen LogP contribution >= 0.6 is 0 Å². The highest BCUT2D eigenvalue weighted by atomic mass is 16.4. The predicted octanol–water partition coefficient (Wildman–Crippen LogP) is 0.998. The van der Waals surface area contributed by atoms with Gasteiger partial charge in [0.05, 0.1) is 0 Å². The second-order valence-electron chi connectivity index (χ2n) is 6.56. The molecule has 0 radical (unpaired) electrons. The maximum Gasteiger partial charge on any atom is 0.323 e. The minimum atomic E-state index is -0.691. The third-order valence-corrected chi connectivity index (χ3v) is 4.96. The first kappa shape index (κ1) is 15.7. The molecule has 5 heteroatoms. The first-order chi connectivity index (χ1) is 9.48. The molecule has 2 N–H and O–H groups in total. The molecule has 0 aromatic rings. The van der Waals surface area contributed by atoms with Crippen LogP contribution in [0.3, 0.4) is 0 Å². The Hall–Kier alpha value is -0.650. The number of rotatable bonds is 5. The monoisotopic (exact) mass is 283 g/mol. The lowest BCUT2D eigenvalue weighted by Crippen LogP contribution is -2.56. The van der Waals surface area contributed by atoms with Crippen molar-refractivity contribution in [2.75, 3.05) is 33.2 Å². The SMILES string of the molecule is CCCNC1(C(=O)O)CCC(N2CCN(C)CC2C)C1. The summed E-state index contributed by atoms with van der Waals surface area (Å²) >= 11 is 0. The summed E-state index contributed by atoms with van der Waals surface area (Å²) in [6.45, 7) is 8.36. The lowest BCUT2D eigenvalue weighted by molar-refractivity contribution is -0.144. The van der Waals surface area contributed by atoms with Crippen LogP contribution in [0.25, 0.3) is 0 Å². The van der Waals surface area contributed by atoms with Crippen molar-refractivity contribution in [2.24, 2.45) is 0 Å². The second-order valence-corrected chi connectivity index (χ2v) is 6.56. The zero-order valence-electron chi connectivity index (χ0n) is 13.1. The smallest absolute Gasteiger partial charge is 0.323 e. The third-order valence-electron chi connectivity index (χ3n) is 4.96. The first-order valence-corrected chi connectivity index (χ1v) is 7.91. The van der Waals surface area contributed by atoms with Crippen LogP contribution in [0, 0.1) is 0 Å². The van der Waals surface area contributed by atoms with E-state index in [1.807, 2.05) is 0 Å². The number of likely N-dealkylation sites (N-methyl/N-ethyl adjacent to an activating group) is 1. The quantitative estimate of drug-likeness (QED) is 0.788. The molecule has 0 bridgehead atoms. The molecule has 0 aromatic carbocycles. The molecule has 1 aliphatic carbocycles. The summed E-state index contributed by atoms with van der Waals surface area (Å²) in [6.07, 6.45) is 3.48. The molecule has 1 saturated heterocycles. The van der Waals surface area contributed by atoms with Gasteiger partial charge < -0.3 is 15.3 Å². The highest BCUT2D eigenvalue weighted by molar-refractivity contribution is 5.79. The number of nitrogens with zero attached hydrogens (tertiary/aromatic N) is 2. The van der Waals surface area contributed by atoms with E-state index in [4.69, 9.17) is 0 Å². The summed E-state index contributed by atoms with van der Waals surface area (Å²) in [5.41, 5.74) is -0.691. The zero-order valence-corrected chi connectivity index (χ0v) is 13.1. The minimum absolute atomic E-state index is 0.416. The van der Waals surface area contributed by atoms with E-state index < -0.39 is 11.5 Å². The Bertz CT molecular complexity index is 350. The molecule has 0 spiro atoms. The molecule has 2 rings (SSSR count). The highest BCUT2D eigenvalue weighted by Gasteiger charge is 2.47. The molecule has 3 atom stereocenters. The van der Waals surface area contributed by atoms with Gasteiger partial charge in [0, 0.05) is 31.7 Å². The van der Waals surface area contributed by atoms with Gasteiger partial charge in [-0.25, -0.2) is 0 Å². The van der Waals surface area contributed by atoms with Crippen LogP contribution in [0.1, 0.15) is 39.5 Å². The lowest BCUT2D eigenvalue weighted by atomic mass is 9.96. The third kappa shape index (κ3) is 3.15. The summed E-state index contributed by atoms with van der Waals surface area (Å²) < 4.78 is 0. The van der Waals surface area contributed by atoms with Gasteiger partial charge in [-0.2, -0.15) is 0 Å². The van der Waals surface area contributed by atoms with Crippen molar-refractivity contribution in [2.45, 2.75) is 57.2 Å². The normalized spacial score (nSPS) is 36.4. The van der Waals surface area contributed by atoms with Gasteiger partial charge in [0.15, 0.2) is 0 Å². The highest BCUT2D eigenvalue weighted by Crippen LogP contribution is 2.35. The van der Waals surface area contributed by atoms with Gasteiger partial charge in [0.2, 0.25) is 0 Å². The second kappa shape index (κ2) is 6.41. The molecule has 1 heterocycles. The van der Waals surface area contributed by atoms with Crippen molar-refractivity contribution in [1.82, 2.24) is 15.1 Å². The Labute approximate surface area is 122 Å². The molecule has 20 heavy (non-hydrogen) atoms. The number of piperazine rings is 1. The fourth-order valence-electron chi connectivity index (χ4n) is 3.79. The zero-order chi connectivity index (χ0) is 14.8. The van der Waals surface area contributed by atoms with Gasteiger partial charge in [0.1, 0.15) is 5.54 Å². The lowest BCUT2D eigenvalue weighted by Gasteiger charge is -2.42. The summed E-state index contributed by atoms with van der Waals surface area (Å²) in [6, 6.07) is 0.939. The number of carboxylic acids is 1. The largest absolute Gasteiger partial charge is 0.480 e. The van der Waals surface area contributed by atoms with Crippen molar-refractivity contribution < 1.29 is 9.90 Å². The number of carboxylic acid groups (broad SMARTS) is 1. The molecule has 2 fully saturated rings. The molecule has 116 valence electrons. The fourth-order valence-corrected chi connectivity index (χ4v) is 3.79. The van der Waals surface area contributed by atoms with Gasteiger partial charge >= 0.3 is 5.97 Å². The van der Waals surface area contributed by atoms with E-state index in [1.165, 1.54) is 0 Å². The van der Waals surface area contributed by atoms with Crippen molar-refractivity contribution in [3.63, 3.8) is 0 Å². The number of hydrogen-bond acceptors (Lipinski definition) is 4. The Kier molecular flexibility index (Phi) is 5.04. The Morgan fingerprint density at radius 2 is 2.20 bits per heavy atom. The van der Waals surface area contributed by atoms with Gasteiger partial charge in [0.25, 0.3) is 0 Å². The molecule has 0 amide bonds. The van der Waals surface area contributed by atoms with Crippen LogP contribution in [-0.4, -0.2) is 71.7 Å². The molecule has 5 nitrogen and oxygen atoms in total. The maximum absolute atomic E-state index is 11.7. The average molecular weight is 283 g/mol. The van der Waals surface area contributed by atoms with Crippen molar-refractivity contribution in [3.05, 3.63) is 0 Å². The summed E-state index contributed by atoms with van der Waals surface area (Å²) in [4.78, 5) is 16.6. The molecule has 0 aromatic heterocycles. The van der Waals surface area contributed by atoms with E-state index in [0.29, 0.717) is 12.1 Å². The topological polar surface area (TPSA) is 55.8 Å². The van der Waals surface area contributed by atoms with E-state index in [2.05, 4.69) is 36.0 Å². The number of nitrogens with one attached hydrogen (secondary N) is 1. The van der Waals surface area contributed by atoms with E-state index in [1.54, 1.807) is 0 Å². The van der Waals surface area contributed by atoms with Crippen LogP contribution < -0.4 is 5.32 Å². The average Bonchev–Trinajstić information content (AvgIpc) is 2.82. The van der Waals surface area contributed by atoms with Crippen molar-refractivity contribution >= 4 is 5.97 Å². The summed E-state index contributed by atoms with van der Waals surface area (Å²) in [5.74, 6) is -0.671. The minimum Gasteiger partial charge on any atom is -0.480 e. The van der Waals surface area contributed by atoms with E-state index in [9.17, 15) is 9.90 Å². The van der Waals surface area contributed by atoms with Crippen LogP contribution in [-0.2, 0) is 4.79 Å². The first-order valence-electron chi connectivity index (χ1n) is 7.91. The Morgan fingerprint density at radius 1 is 1.45 bits per heavy atom. The Balaban J connectivity index is 2.00. The van der Waals surface area contributed by atoms with Gasteiger partial charge in [-0.1, -0.05) is 6.92 Å². The van der Waals surface area contributed by atoms with Crippen LogP contribution in [0.4, 0.5) is 0 Å². The van der Waals surface area contributed by atoms with E-state index in [0.717, 1.165) is 51.9 Å². The molecule has 1 aliphatic heterocycles. The van der Waals surface area contributed by atoms with Crippen molar-refractivity contribution in [3.8, 4) is 0 Å². The summed E-state index contributed by atoms with van der Waals surface area (Å²) in [7, 11) is 2.16. The number of aliphatic carboxylic acids is 1. The molecule has 1 saturated carbocycles. The van der Waals surface area contributed by atoms with Crippen LogP contribution in [0.5, 0.6) is 0 Å². The van der Waals surface area contributed by atoms with Gasteiger partial charge in [-0.05, 0) is 46.2 Å². The van der Waals surface area contributed by atoms with Gasteiger partial charge in [-0.3, -0.25) is 9.69 Å². The number of hydrogen-bond donors (Lipinski definition) is 2. The van der Waals surface area contributed by atoms with E-state index >= 15 is 0 Å². The molecular formula is C15H29N3O2.